The number of hydrogen-bond acceptors (Lipinski definition) is 5. The van der Waals surface area contributed by atoms with Crippen molar-refractivity contribution in [1.29, 1.82) is 0 Å². The monoisotopic (exact) mass is 522 g/mol. The molecular weight excluding hydrogens is 500 g/mol. The Morgan fingerprint density at radius 2 is 1.68 bits per heavy atom. The average molecular weight is 523 g/mol. The molecule has 0 saturated carbocycles. The number of aromatic nitrogens is 2. The van der Waals surface area contributed by atoms with Crippen molar-refractivity contribution in [2.45, 2.75) is 0 Å². The van der Waals surface area contributed by atoms with Crippen LogP contribution in [0.3, 0.4) is 0 Å². The fourth-order valence-electron chi connectivity index (χ4n) is 5.56. The van der Waals surface area contributed by atoms with E-state index in [1.54, 1.807) is 10.6 Å². The molecule has 1 aliphatic rings. The van der Waals surface area contributed by atoms with Crippen molar-refractivity contribution in [2.75, 3.05) is 37.7 Å². The highest BCUT2D eigenvalue weighted by atomic mass is 35.5. The number of hydrogen-bond donors (Lipinski definition) is 0. The van der Waals surface area contributed by atoms with Crippen LogP contribution in [0.2, 0.25) is 5.02 Å². The number of pyridine rings is 2. The Bertz CT molecular complexity index is 1910. The SMILES string of the molecule is O=C(COc1ccc2c(c1)c1ccnc3c4ccccc4c(=O)n2c13)N1CCN(c2cccc(Cl)c2)CC1. The molecule has 0 spiro atoms. The highest BCUT2D eigenvalue weighted by Crippen LogP contribution is 2.34. The Hall–Kier alpha value is -4.36. The van der Waals surface area contributed by atoms with Crippen LogP contribution in [0.5, 0.6) is 5.75 Å². The Balaban J connectivity index is 1.13. The standard InChI is InChI=1S/C30H23ClN4O3/c31-19-4-3-5-20(16-19)33-12-14-34(15-13-33)27(36)18-38-21-8-9-26-25(17-21)23-10-11-32-28-22-6-1-2-7-24(22)30(37)35(26)29(23)28/h1-11,16-17H,12-15,18H2. The second kappa shape index (κ2) is 8.89. The van der Waals surface area contributed by atoms with Gasteiger partial charge in [0.2, 0.25) is 0 Å². The number of rotatable bonds is 4. The van der Waals surface area contributed by atoms with Crippen LogP contribution in [0.4, 0.5) is 5.69 Å². The van der Waals surface area contributed by atoms with Gasteiger partial charge in [-0.2, -0.15) is 0 Å². The van der Waals surface area contributed by atoms with E-state index in [0.717, 1.165) is 51.5 Å². The number of fused-ring (bicyclic) bond motifs is 5. The van der Waals surface area contributed by atoms with Crippen LogP contribution in [-0.4, -0.2) is 53.0 Å². The zero-order chi connectivity index (χ0) is 25.8. The van der Waals surface area contributed by atoms with E-state index in [1.165, 1.54) is 0 Å². The number of piperazine rings is 1. The summed E-state index contributed by atoms with van der Waals surface area (Å²) in [6.07, 6.45) is 1.77. The van der Waals surface area contributed by atoms with Crippen LogP contribution < -0.4 is 15.2 Å². The Labute approximate surface area is 222 Å². The van der Waals surface area contributed by atoms with E-state index in [4.69, 9.17) is 16.3 Å². The van der Waals surface area contributed by atoms with Crippen molar-refractivity contribution in [2.24, 2.45) is 0 Å². The minimum absolute atomic E-state index is 0.0432. The normalized spacial score (nSPS) is 14.2. The first-order chi connectivity index (χ1) is 18.6. The summed E-state index contributed by atoms with van der Waals surface area (Å²) in [4.78, 5) is 35.0. The quantitative estimate of drug-likeness (QED) is 0.306. The van der Waals surface area contributed by atoms with Gasteiger partial charge in [0.15, 0.2) is 6.61 Å². The molecule has 38 heavy (non-hydrogen) atoms. The van der Waals surface area contributed by atoms with Gasteiger partial charge in [0.25, 0.3) is 11.5 Å². The molecular formula is C30H23ClN4O3. The molecule has 3 aromatic carbocycles. The minimum Gasteiger partial charge on any atom is -0.484 e. The number of carbonyl (C=O) groups is 1. The van der Waals surface area contributed by atoms with Gasteiger partial charge in [0.05, 0.1) is 16.6 Å². The molecule has 0 bridgehead atoms. The van der Waals surface area contributed by atoms with E-state index in [9.17, 15) is 9.59 Å². The van der Waals surface area contributed by atoms with Crippen molar-refractivity contribution in [3.63, 3.8) is 0 Å². The van der Waals surface area contributed by atoms with Crippen molar-refractivity contribution in [3.05, 3.63) is 94.4 Å². The van der Waals surface area contributed by atoms with Gasteiger partial charge in [-0.25, -0.2) is 0 Å². The summed E-state index contributed by atoms with van der Waals surface area (Å²) in [5, 5.41) is 4.01. The second-order valence-electron chi connectivity index (χ2n) is 9.56. The summed E-state index contributed by atoms with van der Waals surface area (Å²) in [5.41, 5.74) is 3.39. The third kappa shape index (κ3) is 3.62. The Morgan fingerprint density at radius 3 is 2.50 bits per heavy atom. The lowest BCUT2D eigenvalue weighted by Crippen LogP contribution is -2.50. The third-order valence-electron chi connectivity index (χ3n) is 7.43. The number of halogens is 1. The number of amides is 1. The topological polar surface area (TPSA) is 67.2 Å². The Kier molecular flexibility index (Phi) is 5.33. The summed E-state index contributed by atoms with van der Waals surface area (Å²) in [5.74, 6) is 0.540. The third-order valence-corrected chi connectivity index (χ3v) is 7.67. The molecule has 8 heteroatoms. The first-order valence-electron chi connectivity index (χ1n) is 12.6. The summed E-state index contributed by atoms with van der Waals surface area (Å²) in [7, 11) is 0. The molecule has 4 heterocycles. The van der Waals surface area contributed by atoms with Crippen molar-refractivity contribution < 1.29 is 9.53 Å². The lowest BCUT2D eigenvalue weighted by molar-refractivity contribution is -0.133. The van der Waals surface area contributed by atoms with Gasteiger partial charge in [-0.15, -0.1) is 0 Å². The molecule has 1 fully saturated rings. The maximum atomic E-state index is 13.4. The molecule has 7 rings (SSSR count). The molecule has 1 saturated heterocycles. The summed E-state index contributed by atoms with van der Waals surface area (Å²) in [6.45, 7) is 2.69. The van der Waals surface area contributed by atoms with Gasteiger partial charge in [0, 0.05) is 64.6 Å². The van der Waals surface area contributed by atoms with E-state index in [-0.39, 0.29) is 18.1 Å². The zero-order valence-electron chi connectivity index (χ0n) is 20.4. The van der Waals surface area contributed by atoms with E-state index >= 15 is 0 Å². The molecule has 0 atom stereocenters. The van der Waals surface area contributed by atoms with Gasteiger partial charge >= 0.3 is 0 Å². The molecule has 0 radical (unpaired) electrons. The summed E-state index contributed by atoms with van der Waals surface area (Å²) in [6, 6.07) is 22.9. The van der Waals surface area contributed by atoms with Crippen molar-refractivity contribution in [3.8, 4) is 5.75 Å². The zero-order valence-corrected chi connectivity index (χ0v) is 21.2. The highest BCUT2D eigenvalue weighted by Gasteiger charge is 2.22. The van der Waals surface area contributed by atoms with E-state index in [0.29, 0.717) is 29.2 Å². The fourth-order valence-corrected chi connectivity index (χ4v) is 5.75. The van der Waals surface area contributed by atoms with Crippen LogP contribution in [0, 0.1) is 0 Å². The predicted octanol–water partition coefficient (Wildman–Crippen LogP) is 4.97. The average Bonchev–Trinajstić information content (AvgIpc) is 3.29. The maximum absolute atomic E-state index is 13.4. The molecule has 7 nitrogen and oxygen atoms in total. The lowest BCUT2D eigenvalue weighted by Gasteiger charge is -2.36. The Morgan fingerprint density at radius 1 is 0.868 bits per heavy atom. The molecule has 188 valence electrons. The van der Waals surface area contributed by atoms with Gasteiger partial charge in [0.1, 0.15) is 5.75 Å². The molecule has 1 amide bonds. The number of anilines is 1. The van der Waals surface area contributed by atoms with Crippen LogP contribution >= 0.6 is 11.6 Å². The van der Waals surface area contributed by atoms with Crippen LogP contribution in [-0.2, 0) is 4.79 Å². The first kappa shape index (κ1) is 22.8. The fraction of sp³-hybridized carbons (Fsp3) is 0.167. The van der Waals surface area contributed by atoms with Gasteiger partial charge in [-0.3, -0.25) is 19.0 Å². The number of benzene rings is 3. The molecule has 1 aliphatic heterocycles. The van der Waals surface area contributed by atoms with Crippen molar-refractivity contribution >= 4 is 61.3 Å². The number of carbonyl (C=O) groups excluding carboxylic acids is 1. The van der Waals surface area contributed by atoms with Gasteiger partial charge in [-0.05, 0) is 48.5 Å². The second-order valence-corrected chi connectivity index (χ2v) is 9.99. The van der Waals surface area contributed by atoms with Crippen LogP contribution in [0.1, 0.15) is 0 Å². The number of ether oxygens (including phenoxy) is 1. The highest BCUT2D eigenvalue weighted by molar-refractivity contribution is 6.30. The maximum Gasteiger partial charge on any atom is 0.263 e. The smallest absolute Gasteiger partial charge is 0.263 e. The predicted molar refractivity (Wildman–Crippen MR) is 151 cm³/mol. The van der Waals surface area contributed by atoms with Crippen LogP contribution in [0.25, 0.3) is 38.1 Å². The largest absolute Gasteiger partial charge is 0.484 e. The first-order valence-corrected chi connectivity index (χ1v) is 12.9. The molecule has 0 aliphatic carbocycles. The van der Waals surface area contributed by atoms with E-state index < -0.39 is 0 Å². The number of nitrogens with zero attached hydrogens (tertiary/aromatic N) is 4. The molecule has 6 aromatic rings. The van der Waals surface area contributed by atoms with Crippen LogP contribution in [0.15, 0.2) is 83.8 Å². The summed E-state index contributed by atoms with van der Waals surface area (Å²) >= 11 is 6.13. The lowest BCUT2D eigenvalue weighted by atomic mass is 10.1. The van der Waals surface area contributed by atoms with Gasteiger partial charge in [-0.1, -0.05) is 35.9 Å². The molecule has 0 N–H and O–H groups in total. The molecule has 3 aromatic heterocycles. The van der Waals surface area contributed by atoms with Crippen molar-refractivity contribution in [1.82, 2.24) is 14.3 Å². The molecule has 0 unspecified atom stereocenters. The van der Waals surface area contributed by atoms with E-state index in [1.807, 2.05) is 77.7 Å². The minimum atomic E-state index is -0.0677. The van der Waals surface area contributed by atoms with E-state index in [2.05, 4.69) is 9.88 Å². The van der Waals surface area contributed by atoms with Gasteiger partial charge < -0.3 is 14.5 Å². The summed E-state index contributed by atoms with van der Waals surface area (Å²) < 4.78 is 7.69.